The number of hydrogen-bond donors (Lipinski definition) is 1. The lowest BCUT2D eigenvalue weighted by molar-refractivity contribution is -0.118. The first-order chi connectivity index (χ1) is 16.9. The van der Waals surface area contributed by atoms with E-state index in [2.05, 4.69) is 75.0 Å². The van der Waals surface area contributed by atoms with Gasteiger partial charge in [-0.3, -0.25) is 4.79 Å². The van der Waals surface area contributed by atoms with Crippen molar-refractivity contribution in [1.82, 2.24) is 15.3 Å². The monoisotopic (exact) mass is 534 g/mol. The lowest BCUT2D eigenvalue weighted by Gasteiger charge is -2.30. The third kappa shape index (κ3) is 8.84. The number of hydrogen-bond acceptors (Lipinski definition) is 6. The minimum atomic E-state index is -0.0444. The van der Waals surface area contributed by atoms with Gasteiger partial charge in [0.1, 0.15) is 16.7 Å². The van der Waals surface area contributed by atoms with Crippen LogP contribution in [0.25, 0.3) is 0 Å². The van der Waals surface area contributed by atoms with Crippen LogP contribution < -0.4 is 15.0 Å². The number of unbranched alkanes of at least 4 members (excludes halogenated alkanes) is 1. The number of nitrogens with zero attached hydrogens (tertiary/aromatic N) is 3. The Kier molecular flexibility index (Phi) is 11.4. The van der Waals surface area contributed by atoms with E-state index >= 15 is 0 Å². The fourth-order valence-corrected chi connectivity index (χ4v) is 4.41. The van der Waals surface area contributed by atoms with Gasteiger partial charge in [0.2, 0.25) is 5.91 Å². The molecule has 0 radical (unpaired) electrons. The predicted octanol–water partition coefficient (Wildman–Crippen LogP) is 6.64. The summed E-state index contributed by atoms with van der Waals surface area (Å²) >= 11 is 7.34. The molecule has 2 rings (SSSR count). The summed E-state index contributed by atoms with van der Waals surface area (Å²) in [4.78, 5) is 22.7. The van der Waals surface area contributed by atoms with Crippen molar-refractivity contribution >= 4 is 35.1 Å². The van der Waals surface area contributed by atoms with Crippen LogP contribution in [-0.4, -0.2) is 48.9 Å². The molecule has 0 spiro atoms. The van der Waals surface area contributed by atoms with Gasteiger partial charge in [-0.15, -0.1) is 0 Å². The van der Waals surface area contributed by atoms with E-state index in [1.807, 2.05) is 19.0 Å². The number of thioether (sulfide) groups is 1. The minimum Gasteiger partial charge on any atom is -0.493 e. The highest BCUT2D eigenvalue weighted by molar-refractivity contribution is 7.99. The molecule has 0 unspecified atom stereocenters. The summed E-state index contributed by atoms with van der Waals surface area (Å²) in [7, 11) is 3.77. The average Bonchev–Trinajstić information content (AvgIpc) is 2.84. The molecule has 0 aliphatic rings. The third-order valence-corrected chi connectivity index (χ3v) is 7.90. The fraction of sp³-hybridized carbons (Fsp3) is 0.607. The van der Waals surface area contributed by atoms with Crippen molar-refractivity contribution in [3.8, 4) is 5.75 Å². The van der Waals surface area contributed by atoms with E-state index in [-0.39, 0.29) is 22.5 Å². The van der Waals surface area contributed by atoms with Crippen LogP contribution in [0.3, 0.4) is 0 Å². The number of aromatic nitrogens is 2. The number of benzene rings is 1. The number of carbonyl (C=O) groups is 1. The van der Waals surface area contributed by atoms with Crippen LogP contribution in [0.4, 0.5) is 5.82 Å². The average molecular weight is 535 g/mol. The highest BCUT2D eigenvalue weighted by atomic mass is 35.5. The fourth-order valence-electron chi connectivity index (χ4n) is 3.50. The molecule has 0 fully saturated rings. The van der Waals surface area contributed by atoms with Crippen LogP contribution >= 0.6 is 23.4 Å². The Morgan fingerprint density at radius 1 is 1.06 bits per heavy atom. The van der Waals surface area contributed by atoms with E-state index in [0.29, 0.717) is 29.3 Å². The molecule has 1 N–H and O–H groups in total. The molecule has 0 saturated heterocycles. The van der Waals surface area contributed by atoms with Crippen LogP contribution in [0, 0.1) is 0 Å². The first kappa shape index (κ1) is 30.2. The maximum atomic E-state index is 12.2. The van der Waals surface area contributed by atoms with Gasteiger partial charge in [-0.2, -0.15) is 0 Å². The second-order valence-corrected chi connectivity index (χ2v) is 11.9. The van der Waals surface area contributed by atoms with E-state index in [1.165, 1.54) is 22.9 Å². The molecule has 0 bridgehead atoms. The smallest absolute Gasteiger partial charge is 0.230 e. The van der Waals surface area contributed by atoms with Crippen molar-refractivity contribution < 1.29 is 9.53 Å². The van der Waals surface area contributed by atoms with Crippen LogP contribution in [0.5, 0.6) is 5.75 Å². The minimum absolute atomic E-state index is 0.0425. The lowest BCUT2D eigenvalue weighted by Crippen LogP contribution is -2.26. The first-order valence-electron chi connectivity index (χ1n) is 12.8. The molecule has 6 nitrogen and oxygen atoms in total. The van der Waals surface area contributed by atoms with Crippen molar-refractivity contribution in [3.05, 3.63) is 40.5 Å². The largest absolute Gasteiger partial charge is 0.493 e. The van der Waals surface area contributed by atoms with Crippen molar-refractivity contribution in [2.45, 2.75) is 83.2 Å². The zero-order valence-corrected chi connectivity index (χ0v) is 24.8. The Labute approximate surface area is 227 Å². The van der Waals surface area contributed by atoms with E-state index in [1.54, 1.807) is 6.07 Å². The molecule has 0 aliphatic carbocycles. The van der Waals surface area contributed by atoms with E-state index < -0.39 is 0 Å². The van der Waals surface area contributed by atoms with Crippen molar-refractivity contribution in [1.29, 1.82) is 0 Å². The summed E-state index contributed by atoms with van der Waals surface area (Å²) in [6, 6.07) is 8.38. The van der Waals surface area contributed by atoms with Gasteiger partial charge >= 0.3 is 0 Å². The Morgan fingerprint density at radius 2 is 1.75 bits per heavy atom. The molecular weight excluding hydrogens is 492 g/mol. The molecule has 0 saturated carbocycles. The molecule has 0 atom stereocenters. The van der Waals surface area contributed by atoms with Gasteiger partial charge in [0.15, 0.2) is 5.16 Å². The number of nitrogens with one attached hydrogen (secondary N) is 1. The number of carbonyl (C=O) groups excluding carboxylic acids is 1. The Hall–Kier alpha value is -1.99. The van der Waals surface area contributed by atoms with Gasteiger partial charge in [0.05, 0.1) is 12.4 Å². The number of amides is 1. The standard InChI is InChI=1S/C28H43ClN4O2S/c1-9-27(3,4)20-13-14-22(21(17-20)28(5,6)10-2)35-16-12-11-15-30-25(34)19-36-26-31-23(29)18-24(32-26)33(7)8/h13-14,17-18H,9-12,15-16,19H2,1-8H3,(H,30,34). The van der Waals surface area contributed by atoms with E-state index in [0.717, 1.165) is 31.4 Å². The number of anilines is 1. The van der Waals surface area contributed by atoms with Gasteiger partial charge < -0.3 is 15.0 Å². The molecule has 8 heteroatoms. The Bertz CT molecular complexity index is 1010. The van der Waals surface area contributed by atoms with Crippen LogP contribution in [0.15, 0.2) is 29.4 Å². The Balaban J connectivity index is 1.81. The predicted molar refractivity (Wildman–Crippen MR) is 153 cm³/mol. The molecule has 1 aromatic heterocycles. The van der Waals surface area contributed by atoms with Crippen LogP contribution in [0.1, 0.15) is 78.4 Å². The summed E-state index contributed by atoms with van der Waals surface area (Å²) in [6.45, 7) is 14.8. The first-order valence-corrected chi connectivity index (χ1v) is 14.1. The molecule has 2 aromatic rings. The van der Waals surface area contributed by atoms with E-state index in [4.69, 9.17) is 16.3 Å². The normalized spacial score (nSPS) is 11.9. The number of rotatable bonds is 14. The van der Waals surface area contributed by atoms with Gasteiger partial charge in [0.25, 0.3) is 0 Å². The summed E-state index contributed by atoms with van der Waals surface area (Å²) in [5.41, 5.74) is 2.81. The quantitative estimate of drug-likeness (QED) is 0.127. The van der Waals surface area contributed by atoms with Gasteiger partial charge in [-0.05, 0) is 48.1 Å². The van der Waals surface area contributed by atoms with Crippen LogP contribution in [0.2, 0.25) is 5.15 Å². The molecule has 200 valence electrons. The summed E-state index contributed by atoms with van der Waals surface area (Å²) in [5, 5.41) is 3.83. The van der Waals surface area contributed by atoms with Crippen LogP contribution in [-0.2, 0) is 15.6 Å². The highest BCUT2D eigenvalue weighted by Crippen LogP contribution is 2.38. The summed E-state index contributed by atoms with van der Waals surface area (Å²) < 4.78 is 6.23. The van der Waals surface area contributed by atoms with Gasteiger partial charge in [-0.25, -0.2) is 9.97 Å². The Morgan fingerprint density at radius 3 is 2.39 bits per heavy atom. The lowest BCUT2D eigenvalue weighted by atomic mass is 9.76. The van der Waals surface area contributed by atoms with Crippen molar-refractivity contribution in [2.24, 2.45) is 0 Å². The highest BCUT2D eigenvalue weighted by Gasteiger charge is 2.26. The van der Waals surface area contributed by atoms with Gasteiger partial charge in [-0.1, -0.05) is 77.0 Å². The third-order valence-electron chi connectivity index (χ3n) is 6.86. The maximum absolute atomic E-state index is 12.2. The zero-order valence-electron chi connectivity index (χ0n) is 23.2. The molecular formula is C28H43ClN4O2S. The van der Waals surface area contributed by atoms with Gasteiger partial charge in [0, 0.05) is 32.3 Å². The van der Waals surface area contributed by atoms with Crippen molar-refractivity contribution in [3.63, 3.8) is 0 Å². The zero-order chi connectivity index (χ0) is 26.9. The van der Waals surface area contributed by atoms with E-state index in [9.17, 15) is 4.79 Å². The van der Waals surface area contributed by atoms with Crippen molar-refractivity contribution in [2.75, 3.05) is 37.9 Å². The second-order valence-electron chi connectivity index (χ2n) is 10.6. The molecule has 36 heavy (non-hydrogen) atoms. The summed E-state index contributed by atoms with van der Waals surface area (Å²) in [5.74, 6) is 1.89. The maximum Gasteiger partial charge on any atom is 0.230 e. The molecule has 1 aromatic carbocycles. The molecule has 0 aliphatic heterocycles. The SMILES string of the molecule is CCC(C)(C)c1ccc(OCCCCNC(=O)CSc2nc(Cl)cc(N(C)C)n2)c(C(C)(C)CC)c1. The molecule has 1 amide bonds. The topological polar surface area (TPSA) is 67.3 Å². The molecule has 1 heterocycles. The number of ether oxygens (including phenoxy) is 1. The second kappa shape index (κ2) is 13.5. The summed E-state index contributed by atoms with van der Waals surface area (Å²) in [6.07, 6.45) is 3.85. The number of halogens is 1.